The van der Waals surface area contributed by atoms with E-state index in [2.05, 4.69) is 15.5 Å². The van der Waals surface area contributed by atoms with Gasteiger partial charge in [-0.15, -0.1) is 16.9 Å². The molecular formula is C16H13N3O2S. The fraction of sp³-hybridized carbons (Fsp3) is 0.0625. The van der Waals surface area contributed by atoms with Crippen molar-refractivity contribution in [3.05, 3.63) is 60.2 Å². The maximum absolute atomic E-state index is 12.1. The van der Waals surface area contributed by atoms with E-state index in [1.165, 1.54) is 0 Å². The highest BCUT2D eigenvalue weighted by Crippen LogP contribution is 2.20. The highest BCUT2D eigenvalue weighted by atomic mass is 32.2. The average molecular weight is 311 g/mol. The molecule has 0 saturated heterocycles. The van der Waals surface area contributed by atoms with Gasteiger partial charge >= 0.3 is 6.01 Å². The molecule has 3 rings (SSSR count). The quantitative estimate of drug-likeness (QED) is 0.744. The standard InChI is InChI=1S/C16H13N3O2S/c1-22-13-9-7-11(8-10-13)14(20)17-16-19-18-15(21-16)12-5-3-2-4-6-12/h2-10H,1H3,(H,17,19,20). The van der Waals surface area contributed by atoms with Gasteiger partial charge in [-0.3, -0.25) is 10.1 Å². The van der Waals surface area contributed by atoms with Crippen molar-refractivity contribution in [3.63, 3.8) is 0 Å². The topological polar surface area (TPSA) is 68.0 Å². The largest absolute Gasteiger partial charge is 0.403 e. The summed E-state index contributed by atoms with van der Waals surface area (Å²) in [5, 5.41) is 10.4. The Balaban J connectivity index is 1.73. The van der Waals surface area contributed by atoms with Crippen molar-refractivity contribution < 1.29 is 9.21 Å². The summed E-state index contributed by atoms with van der Waals surface area (Å²) in [4.78, 5) is 13.2. The number of thioether (sulfide) groups is 1. The zero-order chi connectivity index (χ0) is 15.4. The van der Waals surface area contributed by atoms with Crippen LogP contribution in [0.4, 0.5) is 6.01 Å². The predicted molar refractivity (Wildman–Crippen MR) is 85.9 cm³/mol. The van der Waals surface area contributed by atoms with E-state index in [0.29, 0.717) is 11.5 Å². The van der Waals surface area contributed by atoms with E-state index in [4.69, 9.17) is 4.42 Å². The van der Waals surface area contributed by atoms with Gasteiger partial charge in [-0.1, -0.05) is 23.3 Å². The van der Waals surface area contributed by atoms with Gasteiger partial charge in [-0.25, -0.2) is 0 Å². The molecule has 22 heavy (non-hydrogen) atoms. The van der Waals surface area contributed by atoms with E-state index in [1.54, 1.807) is 23.9 Å². The maximum Gasteiger partial charge on any atom is 0.322 e. The van der Waals surface area contributed by atoms with Crippen LogP contribution in [0, 0.1) is 0 Å². The van der Waals surface area contributed by atoms with Gasteiger partial charge in [0.1, 0.15) is 0 Å². The lowest BCUT2D eigenvalue weighted by Gasteiger charge is -2.01. The molecule has 0 radical (unpaired) electrons. The zero-order valence-electron chi connectivity index (χ0n) is 11.8. The van der Waals surface area contributed by atoms with Crippen molar-refractivity contribution in [2.75, 3.05) is 11.6 Å². The van der Waals surface area contributed by atoms with E-state index < -0.39 is 0 Å². The van der Waals surface area contributed by atoms with Gasteiger partial charge in [0.15, 0.2) is 0 Å². The minimum Gasteiger partial charge on any atom is -0.403 e. The Hall–Kier alpha value is -2.60. The molecule has 0 unspecified atom stereocenters. The lowest BCUT2D eigenvalue weighted by molar-refractivity contribution is 0.102. The second-order valence-corrected chi connectivity index (χ2v) is 5.34. The number of carbonyl (C=O) groups excluding carboxylic acids is 1. The summed E-state index contributed by atoms with van der Waals surface area (Å²) < 4.78 is 5.45. The number of nitrogens with one attached hydrogen (secondary N) is 1. The Labute approximate surface area is 131 Å². The molecule has 0 atom stereocenters. The molecule has 0 aliphatic heterocycles. The van der Waals surface area contributed by atoms with Crippen LogP contribution in [-0.2, 0) is 0 Å². The third-order valence-corrected chi connectivity index (χ3v) is 3.76. The third-order valence-electron chi connectivity index (χ3n) is 3.02. The number of amides is 1. The molecular weight excluding hydrogens is 298 g/mol. The molecule has 1 N–H and O–H groups in total. The Morgan fingerprint density at radius 3 is 2.45 bits per heavy atom. The lowest BCUT2D eigenvalue weighted by Crippen LogP contribution is -2.11. The van der Waals surface area contributed by atoms with Gasteiger partial charge < -0.3 is 4.42 Å². The van der Waals surface area contributed by atoms with Crippen LogP contribution < -0.4 is 5.32 Å². The predicted octanol–water partition coefficient (Wildman–Crippen LogP) is 3.71. The number of aromatic nitrogens is 2. The van der Waals surface area contributed by atoms with Gasteiger partial charge in [0, 0.05) is 16.0 Å². The molecule has 0 bridgehead atoms. The lowest BCUT2D eigenvalue weighted by atomic mass is 10.2. The first-order valence-electron chi connectivity index (χ1n) is 6.60. The molecule has 3 aromatic rings. The van der Waals surface area contributed by atoms with Crippen LogP contribution in [0.1, 0.15) is 10.4 Å². The first-order valence-corrected chi connectivity index (χ1v) is 7.83. The third kappa shape index (κ3) is 3.17. The first-order chi connectivity index (χ1) is 10.8. The van der Waals surface area contributed by atoms with Crippen molar-refractivity contribution >= 4 is 23.7 Å². The minimum atomic E-state index is -0.282. The molecule has 0 fully saturated rings. The number of hydrogen-bond acceptors (Lipinski definition) is 5. The number of hydrogen-bond donors (Lipinski definition) is 1. The molecule has 2 aromatic carbocycles. The van der Waals surface area contributed by atoms with E-state index >= 15 is 0 Å². The SMILES string of the molecule is CSc1ccc(C(=O)Nc2nnc(-c3ccccc3)o2)cc1. The minimum absolute atomic E-state index is 0.0813. The van der Waals surface area contributed by atoms with E-state index in [0.717, 1.165) is 10.5 Å². The summed E-state index contributed by atoms with van der Waals surface area (Å²) in [5.74, 6) is 0.0875. The Kier molecular flexibility index (Phi) is 4.20. The van der Waals surface area contributed by atoms with Crippen molar-refractivity contribution in [2.45, 2.75) is 4.90 Å². The van der Waals surface area contributed by atoms with E-state index in [-0.39, 0.29) is 11.9 Å². The van der Waals surface area contributed by atoms with E-state index in [9.17, 15) is 4.79 Å². The van der Waals surface area contributed by atoms with Crippen LogP contribution in [0.2, 0.25) is 0 Å². The van der Waals surface area contributed by atoms with Gasteiger partial charge in [0.2, 0.25) is 5.89 Å². The van der Waals surface area contributed by atoms with E-state index in [1.807, 2.05) is 48.7 Å². The number of carbonyl (C=O) groups is 1. The molecule has 0 saturated carbocycles. The van der Waals surface area contributed by atoms with Crippen LogP contribution in [0.25, 0.3) is 11.5 Å². The molecule has 5 nitrogen and oxygen atoms in total. The van der Waals surface area contributed by atoms with Crippen LogP contribution in [0.3, 0.4) is 0 Å². The van der Waals surface area contributed by atoms with Crippen LogP contribution >= 0.6 is 11.8 Å². The number of rotatable bonds is 4. The van der Waals surface area contributed by atoms with Crippen LogP contribution in [-0.4, -0.2) is 22.4 Å². The monoisotopic (exact) mass is 311 g/mol. The summed E-state index contributed by atoms with van der Waals surface area (Å²) in [7, 11) is 0. The van der Waals surface area contributed by atoms with Gasteiger partial charge in [0.25, 0.3) is 5.91 Å². The molecule has 1 aromatic heterocycles. The fourth-order valence-electron chi connectivity index (χ4n) is 1.88. The van der Waals surface area contributed by atoms with Crippen LogP contribution in [0.15, 0.2) is 63.9 Å². The number of benzene rings is 2. The van der Waals surface area contributed by atoms with Crippen molar-refractivity contribution in [2.24, 2.45) is 0 Å². The second-order valence-electron chi connectivity index (χ2n) is 4.46. The van der Waals surface area contributed by atoms with Gasteiger partial charge in [0.05, 0.1) is 0 Å². The Bertz CT molecular complexity index is 770. The maximum atomic E-state index is 12.1. The van der Waals surface area contributed by atoms with Crippen molar-refractivity contribution in [1.29, 1.82) is 0 Å². The van der Waals surface area contributed by atoms with Crippen LogP contribution in [0.5, 0.6) is 0 Å². The summed E-state index contributed by atoms with van der Waals surface area (Å²) >= 11 is 1.62. The molecule has 1 heterocycles. The van der Waals surface area contributed by atoms with Gasteiger partial charge in [-0.05, 0) is 42.7 Å². The summed E-state index contributed by atoms with van der Waals surface area (Å²) in [5.41, 5.74) is 1.34. The highest BCUT2D eigenvalue weighted by Gasteiger charge is 2.12. The average Bonchev–Trinajstić information content (AvgIpc) is 3.04. The number of anilines is 1. The van der Waals surface area contributed by atoms with Crippen molar-refractivity contribution in [3.8, 4) is 11.5 Å². The molecule has 0 aliphatic carbocycles. The molecule has 0 spiro atoms. The highest BCUT2D eigenvalue weighted by molar-refractivity contribution is 7.98. The second kappa shape index (κ2) is 6.44. The Morgan fingerprint density at radius 2 is 1.77 bits per heavy atom. The summed E-state index contributed by atoms with van der Waals surface area (Å²) in [6.07, 6.45) is 1.98. The molecule has 110 valence electrons. The zero-order valence-corrected chi connectivity index (χ0v) is 12.6. The van der Waals surface area contributed by atoms with Gasteiger partial charge in [-0.2, -0.15) is 0 Å². The number of nitrogens with zero attached hydrogens (tertiary/aromatic N) is 2. The normalized spacial score (nSPS) is 10.4. The fourth-order valence-corrected chi connectivity index (χ4v) is 2.29. The summed E-state index contributed by atoms with van der Waals surface area (Å²) in [6.45, 7) is 0. The molecule has 6 heteroatoms. The first kappa shape index (κ1) is 14.3. The summed E-state index contributed by atoms with van der Waals surface area (Å²) in [6, 6.07) is 16.8. The molecule has 1 amide bonds. The molecule has 0 aliphatic rings. The Morgan fingerprint density at radius 1 is 1.05 bits per heavy atom. The van der Waals surface area contributed by atoms with Crippen molar-refractivity contribution in [1.82, 2.24) is 10.2 Å². The smallest absolute Gasteiger partial charge is 0.322 e.